The molecule has 0 amide bonds. The summed E-state index contributed by atoms with van der Waals surface area (Å²) in [6.45, 7) is 6.70. The predicted molar refractivity (Wildman–Crippen MR) is 84.4 cm³/mol. The van der Waals surface area contributed by atoms with Gasteiger partial charge in [0.2, 0.25) is 0 Å². The van der Waals surface area contributed by atoms with Crippen LogP contribution in [-0.4, -0.2) is 28.3 Å². The highest BCUT2D eigenvalue weighted by Gasteiger charge is 2.24. The molecule has 0 aromatic heterocycles. The van der Waals surface area contributed by atoms with Gasteiger partial charge in [0, 0.05) is 18.8 Å². The summed E-state index contributed by atoms with van der Waals surface area (Å²) in [5.41, 5.74) is 7.78. The molecule has 1 fully saturated rings. The Hall–Kier alpha value is -0.805. The van der Waals surface area contributed by atoms with Crippen molar-refractivity contribution in [1.82, 2.24) is 4.31 Å². The number of nitrogen functional groups attached to an aromatic ring is 1. The average Bonchev–Trinajstić information content (AvgIpc) is 2.91. The molecular weight excluding hydrogens is 255 g/mol. The van der Waals surface area contributed by atoms with E-state index in [1.165, 1.54) is 5.46 Å². The number of benzene rings is 1. The Morgan fingerprint density at radius 1 is 1.37 bits per heavy atom. The molecule has 1 saturated heterocycles. The molecule has 104 valence electrons. The van der Waals surface area contributed by atoms with Gasteiger partial charge in [-0.1, -0.05) is 38.0 Å². The molecule has 0 aliphatic carbocycles. The van der Waals surface area contributed by atoms with Gasteiger partial charge in [-0.25, -0.2) is 8.51 Å². The van der Waals surface area contributed by atoms with E-state index in [4.69, 9.17) is 5.73 Å². The van der Waals surface area contributed by atoms with Crippen molar-refractivity contribution in [2.24, 2.45) is 0 Å². The van der Waals surface area contributed by atoms with E-state index in [-0.39, 0.29) is 0 Å². The van der Waals surface area contributed by atoms with Crippen LogP contribution in [0.15, 0.2) is 23.1 Å². The normalized spacial score (nSPS) is 17.6. The number of nitrogens with zero attached hydrogens (tertiary/aromatic N) is 1. The Morgan fingerprint density at radius 2 is 2.05 bits per heavy atom. The van der Waals surface area contributed by atoms with Crippen LogP contribution in [0, 0.1) is 0 Å². The predicted octanol–water partition coefficient (Wildman–Crippen LogP) is 2.13. The van der Waals surface area contributed by atoms with Gasteiger partial charge in [-0.05, 0) is 25.0 Å². The van der Waals surface area contributed by atoms with E-state index in [2.05, 4.69) is 24.1 Å². The van der Waals surface area contributed by atoms with E-state index in [0.29, 0.717) is 12.4 Å². The lowest BCUT2D eigenvalue weighted by atomic mass is 9.44. The summed E-state index contributed by atoms with van der Waals surface area (Å²) in [6.07, 6.45) is 4.55. The maximum Gasteiger partial charge on any atom is 0.174 e. The minimum atomic E-state index is -1.05. The third kappa shape index (κ3) is 3.40. The van der Waals surface area contributed by atoms with Crippen LogP contribution in [0.4, 0.5) is 5.69 Å². The van der Waals surface area contributed by atoms with E-state index in [9.17, 15) is 4.21 Å². The topological polar surface area (TPSA) is 46.3 Å². The van der Waals surface area contributed by atoms with Crippen LogP contribution in [0.5, 0.6) is 0 Å². The fourth-order valence-corrected chi connectivity index (χ4v) is 4.27. The zero-order valence-electron chi connectivity index (χ0n) is 11.9. The first-order valence-electron chi connectivity index (χ1n) is 7.19. The van der Waals surface area contributed by atoms with Crippen LogP contribution in [0.3, 0.4) is 0 Å². The molecule has 1 aromatic rings. The largest absolute Gasteiger partial charge is 0.399 e. The molecule has 19 heavy (non-hydrogen) atoms. The molecule has 1 atom stereocenters. The highest BCUT2D eigenvalue weighted by Crippen LogP contribution is 2.19. The molecule has 1 aliphatic rings. The summed E-state index contributed by atoms with van der Waals surface area (Å²) >= 11 is 0. The standard InChI is InChI=1S/C14H23BN2OS/c1-3-8-15(2)13-7-6-12(16)11-14(13)19(18)17-9-4-5-10-17/h6-7,11H,3-5,8-10,16H2,1-2H3. The first kappa shape index (κ1) is 14.6. The van der Waals surface area contributed by atoms with E-state index < -0.39 is 11.0 Å². The molecule has 0 radical (unpaired) electrons. The lowest BCUT2D eigenvalue weighted by Gasteiger charge is -2.19. The van der Waals surface area contributed by atoms with Gasteiger partial charge in [-0.3, -0.25) is 0 Å². The summed E-state index contributed by atoms with van der Waals surface area (Å²) < 4.78 is 14.8. The molecule has 1 aromatic carbocycles. The van der Waals surface area contributed by atoms with Crippen LogP contribution in [0.25, 0.3) is 0 Å². The Morgan fingerprint density at radius 3 is 2.68 bits per heavy atom. The number of hydrogen-bond acceptors (Lipinski definition) is 2. The van der Waals surface area contributed by atoms with Crippen molar-refractivity contribution < 1.29 is 4.21 Å². The van der Waals surface area contributed by atoms with Gasteiger partial charge >= 0.3 is 0 Å². The second kappa shape index (κ2) is 6.57. The fraction of sp³-hybridized carbons (Fsp3) is 0.571. The maximum absolute atomic E-state index is 12.7. The third-order valence-corrected chi connectivity index (χ3v) is 5.34. The zero-order chi connectivity index (χ0) is 13.8. The highest BCUT2D eigenvalue weighted by atomic mass is 32.2. The molecule has 0 spiro atoms. The van der Waals surface area contributed by atoms with Crippen molar-refractivity contribution in [2.45, 2.75) is 44.2 Å². The molecule has 5 heteroatoms. The summed E-state index contributed by atoms with van der Waals surface area (Å²) in [5, 5.41) is 0. The van der Waals surface area contributed by atoms with Gasteiger partial charge in [0.1, 0.15) is 11.0 Å². The minimum absolute atomic E-state index is 0.437. The zero-order valence-corrected chi connectivity index (χ0v) is 12.7. The quantitative estimate of drug-likeness (QED) is 0.662. The molecule has 2 rings (SSSR count). The third-order valence-electron chi connectivity index (χ3n) is 3.78. The second-order valence-electron chi connectivity index (χ2n) is 5.37. The summed E-state index contributed by atoms with van der Waals surface area (Å²) in [4.78, 5) is 0.919. The lowest BCUT2D eigenvalue weighted by molar-refractivity contribution is 0.536. The molecule has 3 nitrogen and oxygen atoms in total. The van der Waals surface area contributed by atoms with Crippen molar-refractivity contribution in [2.75, 3.05) is 18.8 Å². The summed E-state index contributed by atoms with van der Waals surface area (Å²) in [7, 11) is -1.05. The lowest BCUT2D eigenvalue weighted by Crippen LogP contribution is -2.34. The fourth-order valence-electron chi connectivity index (χ4n) is 2.69. The van der Waals surface area contributed by atoms with Crippen molar-refractivity contribution in [1.29, 1.82) is 0 Å². The first-order chi connectivity index (χ1) is 9.13. The number of nitrogens with two attached hydrogens (primary N) is 1. The van der Waals surface area contributed by atoms with Crippen LogP contribution in [0.2, 0.25) is 13.1 Å². The van der Waals surface area contributed by atoms with Gasteiger partial charge in [-0.2, -0.15) is 0 Å². The molecule has 1 unspecified atom stereocenters. The van der Waals surface area contributed by atoms with Crippen LogP contribution in [0.1, 0.15) is 26.2 Å². The minimum Gasteiger partial charge on any atom is -0.399 e. The monoisotopic (exact) mass is 278 g/mol. The van der Waals surface area contributed by atoms with Gasteiger partial charge in [0.15, 0.2) is 6.71 Å². The van der Waals surface area contributed by atoms with E-state index in [1.54, 1.807) is 0 Å². The first-order valence-corrected chi connectivity index (χ1v) is 8.30. The van der Waals surface area contributed by atoms with Crippen molar-refractivity contribution in [3.8, 4) is 0 Å². The Bertz CT molecular complexity index is 461. The second-order valence-corrected chi connectivity index (χ2v) is 6.83. The molecule has 2 N–H and O–H groups in total. The number of rotatable bonds is 5. The molecular formula is C14H23BN2OS. The molecule has 1 aliphatic heterocycles. The van der Waals surface area contributed by atoms with Gasteiger partial charge < -0.3 is 5.73 Å². The molecule has 1 heterocycles. The van der Waals surface area contributed by atoms with Gasteiger partial charge in [0.25, 0.3) is 0 Å². The van der Waals surface area contributed by atoms with Crippen LogP contribution >= 0.6 is 0 Å². The van der Waals surface area contributed by atoms with Crippen LogP contribution in [-0.2, 0) is 11.0 Å². The van der Waals surface area contributed by atoms with E-state index >= 15 is 0 Å². The van der Waals surface area contributed by atoms with E-state index in [1.807, 2.05) is 12.1 Å². The van der Waals surface area contributed by atoms with Crippen molar-refractivity contribution >= 4 is 28.8 Å². The van der Waals surface area contributed by atoms with Crippen molar-refractivity contribution in [3.63, 3.8) is 0 Å². The Kier molecular flexibility index (Phi) is 5.05. The number of hydrogen-bond donors (Lipinski definition) is 1. The Labute approximate surface area is 119 Å². The van der Waals surface area contributed by atoms with Gasteiger partial charge in [-0.15, -0.1) is 0 Å². The summed E-state index contributed by atoms with van der Waals surface area (Å²) in [5.74, 6) is 0. The van der Waals surface area contributed by atoms with Gasteiger partial charge in [0.05, 0.1) is 4.90 Å². The number of anilines is 1. The summed E-state index contributed by atoms with van der Waals surface area (Å²) in [6, 6.07) is 5.88. The highest BCUT2D eigenvalue weighted by molar-refractivity contribution is 7.83. The molecule has 0 bridgehead atoms. The smallest absolute Gasteiger partial charge is 0.174 e. The maximum atomic E-state index is 12.7. The molecule has 0 saturated carbocycles. The average molecular weight is 278 g/mol. The Balaban J connectivity index is 2.30. The van der Waals surface area contributed by atoms with Crippen molar-refractivity contribution in [3.05, 3.63) is 18.2 Å². The van der Waals surface area contributed by atoms with E-state index in [0.717, 1.165) is 43.6 Å². The van der Waals surface area contributed by atoms with Crippen LogP contribution < -0.4 is 11.2 Å². The SMILES string of the molecule is CCCB(C)c1ccc(N)cc1S(=O)N1CCCC1.